The van der Waals surface area contributed by atoms with Gasteiger partial charge < -0.3 is 4.90 Å². The highest BCUT2D eigenvalue weighted by atomic mass is 32.2. The number of sulfonamides is 1. The van der Waals surface area contributed by atoms with Gasteiger partial charge in [-0.1, -0.05) is 13.8 Å². The van der Waals surface area contributed by atoms with Gasteiger partial charge in [-0.25, -0.2) is 12.8 Å². The van der Waals surface area contributed by atoms with Crippen molar-refractivity contribution in [1.82, 2.24) is 9.21 Å². The number of carbonyl (C=O) groups excluding carboxylic acids is 1. The van der Waals surface area contributed by atoms with E-state index in [1.54, 1.807) is 18.7 Å². The minimum atomic E-state index is -3.94. The van der Waals surface area contributed by atoms with E-state index in [1.165, 1.54) is 6.07 Å². The lowest BCUT2D eigenvalue weighted by Crippen LogP contribution is -2.32. The average Bonchev–Trinajstić information content (AvgIpc) is 2.49. The smallest absolute Gasteiger partial charge is 0.253 e. The Labute approximate surface area is 131 Å². The van der Waals surface area contributed by atoms with Crippen LogP contribution in [-0.4, -0.2) is 49.7 Å². The molecule has 1 rings (SSSR count). The van der Waals surface area contributed by atoms with E-state index in [2.05, 4.69) is 0 Å². The molecule has 0 aromatic heterocycles. The minimum absolute atomic E-state index is 0.177. The Morgan fingerprint density at radius 3 is 2.05 bits per heavy atom. The maximum atomic E-state index is 14.0. The molecule has 0 unspecified atom stereocenters. The van der Waals surface area contributed by atoms with Crippen LogP contribution in [0.5, 0.6) is 0 Å². The van der Waals surface area contributed by atoms with Gasteiger partial charge in [0.05, 0.1) is 0 Å². The molecule has 0 heterocycles. The first-order valence-electron chi connectivity index (χ1n) is 7.42. The molecule has 22 heavy (non-hydrogen) atoms. The monoisotopic (exact) mass is 330 g/mol. The Hall–Kier alpha value is -1.47. The number of rotatable bonds is 7. The molecule has 7 heteroatoms. The minimum Gasteiger partial charge on any atom is -0.339 e. The van der Waals surface area contributed by atoms with Gasteiger partial charge in [-0.3, -0.25) is 4.79 Å². The van der Waals surface area contributed by atoms with Crippen LogP contribution in [0.3, 0.4) is 0 Å². The third kappa shape index (κ3) is 3.64. The normalized spacial score (nSPS) is 11.7. The van der Waals surface area contributed by atoms with Crippen LogP contribution in [0.4, 0.5) is 4.39 Å². The summed E-state index contributed by atoms with van der Waals surface area (Å²) in [5, 5.41) is 0. The molecule has 0 saturated carbocycles. The van der Waals surface area contributed by atoms with Gasteiger partial charge in [-0.2, -0.15) is 4.31 Å². The highest BCUT2D eigenvalue weighted by Crippen LogP contribution is 2.21. The van der Waals surface area contributed by atoms with E-state index in [9.17, 15) is 17.6 Å². The van der Waals surface area contributed by atoms with E-state index in [1.807, 2.05) is 13.8 Å². The lowest BCUT2D eigenvalue weighted by Gasteiger charge is -2.21. The first-order valence-corrected chi connectivity index (χ1v) is 8.86. The van der Waals surface area contributed by atoms with Crippen LogP contribution in [-0.2, 0) is 10.0 Å². The van der Waals surface area contributed by atoms with Crippen molar-refractivity contribution in [2.24, 2.45) is 0 Å². The molecule has 0 aliphatic heterocycles. The van der Waals surface area contributed by atoms with Crippen LogP contribution in [0.2, 0.25) is 0 Å². The molecular weight excluding hydrogens is 307 g/mol. The number of benzene rings is 1. The second-order valence-corrected chi connectivity index (χ2v) is 6.62. The van der Waals surface area contributed by atoms with E-state index >= 15 is 0 Å². The van der Waals surface area contributed by atoms with Crippen molar-refractivity contribution in [3.05, 3.63) is 29.6 Å². The summed E-state index contributed by atoms with van der Waals surface area (Å²) in [4.78, 5) is 13.4. The molecule has 0 bridgehead atoms. The van der Waals surface area contributed by atoms with Gasteiger partial charge in [0, 0.05) is 31.7 Å². The fourth-order valence-electron chi connectivity index (χ4n) is 2.23. The zero-order valence-corrected chi connectivity index (χ0v) is 14.3. The topological polar surface area (TPSA) is 57.7 Å². The molecule has 0 aliphatic rings. The van der Waals surface area contributed by atoms with Crippen LogP contribution >= 0.6 is 0 Å². The Balaban J connectivity index is 3.34. The SMILES string of the molecule is CCN(CC)C(=O)c1ccc(F)c(S(=O)(=O)N(CC)CC)c1. The number of hydrogen-bond donors (Lipinski definition) is 0. The molecule has 0 aliphatic carbocycles. The fourth-order valence-corrected chi connectivity index (χ4v) is 3.78. The van der Waals surface area contributed by atoms with Crippen molar-refractivity contribution in [2.75, 3.05) is 26.2 Å². The second kappa shape index (κ2) is 7.69. The summed E-state index contributed by atoms with van der Waals surface area (Å²) in [7, 11) is -3.94. The summed E-state index contributed by atoms with van der Waals surface area (Å²) in [5.41, 5.74) is 0.177. The summed E-state index contributed by atoms with van der Waals surface area (Å²) in [6.07, 6.45) is 0. The van der Waals surface area contributed by atoms with Gasteiger partial charge in [0.1, 0.15) is 10.7 Å². The molecule has 1 amide bonds. The number of nitrogens with zero attached hydrogens (tertiary/aromatic N) is 2. The predicted octanol–water partition coefficient (Wildman–Crippen LogP) is 2.34. The summed E-state index contributed by atoms with van der Waals surface area (Å²) in [6.45, 7) is 8.53. The lowest BCUT2D eigenvalue weighted by molar-refractivity contribution is 0.0772. The molecule has 0 radical (unpaired) electrons. The van der Waals surface area contributed by atoms with Gasteiger partial charge in [-0.15, -0.1) is 0 Å². The van der Waals surface area contributed by atoms with Crippen LogP contribution in [0, 0.1) is 5.82 Å². The predicted molar refractivity (Wildman–Crippen MR) is 83.8 cm³/mol. The van der Waals surface area contributed by atoms with Crippen LogP contribution in [0.25, 0.3) is 0 Å². The van der Waals surface area contributed by atoms with Crippen molar-refractivity contribution in [1.29, 1.82) is 0 Å². The number of hydrogen-bond acceptors (Lipinski definition) is 3. The Morgan fingerprint density at radius 1 is 1.05 bits per heavy atom. The third-order valence-electron chi connectivity index (χ3n) is 3.55. The molecule has 0 spiro atoms. The maximum Gasteiger partial charge on any atom is 0.253 e. The summed E-state index contributed by atoms with van der Waals surface area (Å²) >= 11 is 0. The Bertz CT molecular complexity index is 624. The van der Waals surface area contributed by atoms with Crippen molar-refractivity contribution in [3.63, 3.8) is 0 Å². The first-order chi connectivity index (χ1) is 10.3. The number of amides is 1. The van der Waals surface area contributed by atoms with Gasteiger partial charge in [0.25, 0.3) is 5.91 Å². The highest BCUT2D eigenvalue weighted by Gasteiger charge is 2.27. The number of halogens is 1. The molecular formula is C15H23FN2O3S. The molecule has 0 N–H and O–H groups in total. The zero-order valence-electron chi connectivity index (χ0n) is 13.5. The molecule has 0 saturated heterocycles. The molecule has 1 aromatic rings. The van der Waals surface area contributed by atoms with E-state index in [0.29, 0.717) is 13.1 Å². The largest absolute Gasteiger partial charge is 0.339 e. The van der Waals surface area contributed by atoms with Gasteiger partial charge in [-0.05, 0) is 32.0 Å². The van der Waals surface area contributed by atoms with E-state index in [-0.39, 0.29) is 24.6 Å². The summed E-state index contributed by atoms with van der Waals surface area (Å²) in [5.74, 6) is -1.15. The fraction of sp³-hybridized carbons (Fsp3) is 0.533. The summed E-state index contributed by atoms with van der Waals surface area (Å²) < 4.78 is 40.1. The van der Waals surface area contributed by atoms with E-state index in [4.69, 9.17) is 0 Å². The van der Waals surface area contributed by atoms with Crippen molar-refractivity contribution in [3.8, 4) is 0 Å². The van der Waals surface area contributed by atoms with E-state index < -0.39 is 20.7 Å². The molecule has 124 valence electrons. The Kier molecular flexibility index (Phi) is 6.49. The summed E-state index contributed by atoms with van der Waals surface area (Å²) in [6, 6.07) is 3.48. The van der Waals surface area contributed by atoms with Crippen LogP contribution < -0.4 is 0 Å². The zero-order chi connectivity index (χ0) is 16.9. The quantitative estimate of drug-likeness (QED) is 0.771. The van der Waals surface area contributed by atoms with Crippen LogP contribution in [0.1, 0.15) is 38.1 Å². The van der Waals surface area contributed by atoms with Crippen molar-refractivity contribution in [2.45, 2.75) is 32.6 Å². The molecule has 5 nitrogen and oxygen atoms in total. The molecule has 1 aromatic carbocycles. The van der Waals surface area contributed by atoms with Crippen molar-refractivity contribution >= 4 is 15.9 Å². The average molecular weight is 330 g/mol. The molecule has 0 atom stereocenters. The number of carbonyl (C=O) groups is 1. The lowest BCUT2D eigenvalue weighted by atomic mass is 10.2. The third-order valence-corrected chi connectivity index (χ3v) is 5.62. The first kappa shape index (κ1) is 18.6. The standard InChI is InChI=1S/C15H23FN2O3S/c1-5-17(6-2)15(19)12-9-10-13(16)14(11-12)22(20,21)18(7-3)8-4/h9-11H,5-8H2,1-4H3. The second-order valence-electron chi connectivity index (χ2n) is 4.71. The van der Waals surface area contributed by atoms with Crippen molar-refractivity contribution < 1.29 is 17.6 Å². The van der Waals surface area contributed by atoms with E-state index in [0.717, 1.165) is 16.4 Å². The van der Waals surface area contributed by atoms with Gasteiger partial charge in [0.15, 0.2) is 0 Å². The van der Waals surface area contributed by atoms with Gasteiger partial charge >= 0.3 is 0 Å². The molecule has 0 fully saturated rings. The van der Waals surface area contributed by atoms with Gasteiger partial charge in [0.2, 0.25) is 10.0 Å². The Morgan fingerprint density at radius 2 is 1.59 bits per heavy atom. The highest BCUT2D eigenvalue weighted by molar-refractivity contribution is 7.89. The van der Waals surface area contributed by atoms with Crippen LogP contribution in [0.15, 0.2) is 23.1 Å². The maximum absolute atomic E-state index is 14.0.